The minimum Gasteiger partial charge on any atom is -0.332 e. The van der Waals surface area contributed by atoms with Gasteiger partial charge in [-0.1, -0.05) is 42.1 Å². The molecule has 6 rings (SSSR count). The lowest BCUT2D eigenvalue weighted by molar-refractivity contribution is -0.00357. The van der Waals surface area contributed by atoms with Gasteiger partial charge in [0.2, 0.25) is 0 Å². The van der Waals surface area contributed by atoms with Crippen LogP contribution >= 0.6 is 23.1 Å². The van der Waals surface area contributed by atoms with E-state index in [1.54, 1.807) is 23.1 Å². The Kier molecular flexibility index (Phi) is 4.30. The number of carbonyl (C=O) groups is 1. The number of carbonyl (C=O) groups excluding carboxylic acids is 1. The Hall–Kier alpha value is -1.37. The van der Waals surface area contributed by atoms with E-state index in [0.29, 0.717) is 29.6 Å². The predicted octanol–water partition coefficient (Wildman–Crippen LogP) is 3.57. The fourth-order valence-electron chi connectivity index (χ4n) is 5.24. The number of aromatic nitrogens is 1. The molecule has 4 aliphatic rings. The second-order valence-electron chi connectivity index (χ2n) is 7.53. The Morgan fingerprint density at radius 3 is 2.65 bits per heavy atom. The SMILES string of the molecule is CSc1nc(C(=O)N2C[C@H](c3ccccc3)[C@H]3[C@@H]2C2CCN3CC2)cs1. The Morgan fingerprint density at radius 1 is 1.19 bits per heavy atom. The summed E-state index contributed by atoms with van der Waals surface area (Å²) in [5, 5.41) is 1.93. The van der Waals surface area contributed by atoms with Crippen LogP contribution in [0, 0.1) is 5.92 Å². The number of piperidine rings is 3. The van der Waals surface area contributed by atoms with Crippen LogP contribution in [0.4, 0.5) is 0 Å². The van der Waals surface area contributed by atoms with Crippen molar-refractivity contribution in [2.45, 2.75) is 35.2 Å². The van der Waals surface area contributed by atoms with Crippen LogP contribution in [-0.2, 0) is 0 Å². The van der Waals surface area contributed by atoms with Gasteiger partial charge in [0, 0.05) is 23.9 Å². The molecule has 2 bridgehead atoms. The van der Waals surface area contributed by atoms with Crippen LogP contribution in [0.25, 0.3) is 0 Å². The third kappa shape index (κ3) is 2.62. The average molecular weight is 386 g/mol. The summed E-state index contributed by atoms with van der Waals surface area (Å²) in [5.74, 6) is 1.18. The second kappa shape index (κ2) is 6.66. The van der Waals surface area contributed by atoms with E-state index < -0.39 is 0 Å². The molecule has 4 aliphatic heterocycles. The molecule has 26 heavy (non-hydrogen) atoms. The molecule has 4 fully saturated rings. The zero-order chi connectivity index (χ0) is 17.7. The molecule has 0 spiro atoms. The first-order valence-corrected chi connectivity index (χ1v) is 11.5. The summed E-state index contributed by atoms with van der Waals surface area (Å²) in [7, 11) is 0. The third-order valence-electron chi connectivity index (χ3n) is 6.36. The maximum atomic E-state index is 13.3. The van der Waals surface area contributed by atoms with Crippen molar-refractivity contribution in [3.05, 3.63) is 47.0 Å². The predicted molar refractivity (Wildman–Crippen MR) is 106 cm³/mol. The number of likely N-dealkylation sites (tertiary alicyclic amines) is 1. The summed E-state index contributed by atoms with van der Waals surface area (Å²) in [5.41, 5.74) is 2.00. The van der Waals surface area contributed by atoms with Crippen LogP contribution in [0.2, 0.25) is 0 Å². The van der Waals surface area contributed by atoms with Gasteiger partial charge in [-0.05, 0) is 43.7 Å². The van der Waals surface area contributed by atoms with Crippen molar-refractivity contribution >= 4 is 29.0 Å². The number of benzene rings is 1. The summed E-state index contributed by atoms with van der Waals surface area (Å²) >= 11 is 3.18. The largest absolute Gasteiger partial charge is 0.332 e. The van der Waals surface area contributed by atoms with Gasteiger partial charge in [-0.2, -0.15) is 0 Å². The van der Waals surface area contributed by atoms with Crippen LogP contribution in [0.5, 0.6) is 0 Å². The topological polar surface area (TPSA) is 36.4 Å². The van der Waals surface area contributed by atoms with Crippen LogP contribution in [0.3, 0.4) is 0 Å². The molecule has 5 heterocycles. The summed E-state index contributed by atoms with van der Waals surface area (Å²) < 4.78 is 0.970. The summed E-state index contributed by atoms with van der Waals surface area (Å²) in [4.78, 5) is 22.7. The van der Waals surface area contributed by atoms with Gasteiger partial charge in [-0.3, -0.25) is 9.69 Å². The number of hydrogen-bond donors (Lipinski definition) is 0. The maximum Gasteiger partial charge on any atom is 0.273 e. The molecule has 6 heteroatoms. The fourth-order valence-corrected chi connectivity index (χ4v) is 6.48. The normalized spacial score (nSPS) is 32.7. The van der Waals surface area contributed by atoms with Crippen LogP contribution in [-0.4, -0.2) is 58.7 Å². The van der Waals surface area contributed by atoms with Crippen molar-refractivity contribution in [1.29, 1.82) is 0 Å². The van der Waals surface area contributed by atoms with Gasteiger partial charge in [-0.25, -0.2) is 4.98 Å². The number of nitrogens with zero attached hydrogens (tertiary/aromatic N) is 3. The van der Waals surface area contributed by atoms with E-state index in [1.165, 1.54) is 31.5 Å². The monoisotopic (exact) mass is 385 g/mol. The van der Waals surface area contributed by atoms with Crippen LogP contribution in [0.15, 0.2) is 40.1 Å². The van der Waals surface area contributed by atoms with E-state index in [0.717, 1.165) is 10.9 Å². The summed E-state index contributed by atoms with van der Waals surface area (Å²) in [6.45, 7) is 3.19. The molecule has 0 unspecified atom stereocenters. The molecule has 4 nitrogen and oxygen atoms in total. The summed E-state index contributed by atoms with van der Waals surface area (Å²) in [6, 6.07) is 11.6. The quantitative estimate of drug-likeness (QED) is 0.757. The van der Waals surface area contributed by atoms with Crippen LogP contribution in [0.1, 0.15) is 34.8 Å². The number of thioether (sulfide) groups is 1. The van der Waals surface area contributed by atoms with Crippen molar-refractivity contribution in [3.8, 4) is 0 Å². The van der Waals surface area contributed by atoms with Gasteiger partial charge >= 0.3 is 0 Å². The highest BCUT2D eigenvalue weighted by atomic mass is 32.2. The molecule has 1 aromatic heterocycles. The first-order chi connectivity index (χ1) is 12.8. The van der Waals surface area contributed by atoms with Gasteiger partial charge in [0.15, 0.2) is 0 Å². The van der Waals surface area contributed by atoms with E-state index in [1.807, 2.05) is 11.6 Å². The minimum atomic E-state index is 0.128. The lowest BCUT2D eigenvalue weighted by Gasteiger charge is -2.51. The molecule has 0 radical (unpaired) electrons. The highest BCUT2D eigenvalue weighted by molar-refractivity contribution is 8.00. The van der Waals surface area contributed by atoms with Crippen LogP contribution < -0.4 is 0 Å². The van der Waals surface area contributed by atoms with Gasteiger partial charge in [0.1, 0.15) is 10.0 Å². The van der Waals surface area contributed by atoms with Crippen molar-refractivity contribution < 1.29 is 4.79 Å². The smallest absolute Gasteiger partial charge is 0.273 e. The first-order valence-electron chi connectivity index (χ1n) is 9.36. The second-order valence-corrected chi connectivity index (χ2v) is 9.44. The van der Waals surface area contributed by atoms with Gasteiger partial charge < -0.3 is 4.90 Å². The summed E-state index contributed by atoms with van der Waals surface area (Å²) in [6.07, 6.45) is 4.46. The Bertz CT molecular complexity index is 800. The molecule has 3 atom stereocenters. The fraction of sp³-hybridized carbons (Fsp3) is 0.500. The average Bonchev–Trinajstić information content (AvgIpc) is 3.35. The van der Waals surface area contributed by atoms with Crippen molar-refractivity contribution in [3.63, 3.8) is 0 Å². The number of thiazole rings is 1. The minimum absolute atomic E-state index is 0.128. The number of amides is 1. The van der Waals surface area contributed by atoms with Crippen molar-refractivity contribution in [1.82, 2.24) is 14.8 Å². The van der Waals surface area contributed by atoms with E-state index >= 15 is 0 Å². The van der Waals surface area contributed by atoms with E-state index in [-0.39, 0.29) is 5.91 Å². The Morgan fingerprint density at radius 2 is 1.96 bits per heavy atom. The van der Waals surface area contributed by atoms with Crippen molar-refractivity contribution in [2.75, 3.05) is 25.9 Å². The van der Waals surface area contributed by atoms with Gasteiger partial charge in [-0.15, -0.1) is 11.3 Å². The van der Waals surface area contributed by atoms with Gasteiger partial charge in [0.05, 0.1) is 6.04 Å². The zero-order valence-electron chi connectivity index (χ0n) is 14.9. The molecule has 136 valence electrons. The molecule has 1 aromatic carbocycles. The highest BCUT2D eigenvalue weighted by Gasteiger charge is 2.54. The molecule has 0 aliphatic carbocycles. The van der Waals surface area contributed by atoms with E-state index in [9.17, 15) is 4.79 Å². The molecule has 1 amide bonds. The zero-order valence-corrected chi connectivity index (χ0v) is 16.5. The lowest BCUT2D eigenvalue weighted by atomic mass is 9.75. The maximum absolute atomic E-state index is 13.3. The Balaban J connectivity index is 1.50. The molecule has 2 aromatic rings. The molecule has 0 N–H and O–H groups in total. The molecule has 0 saturated carbocycles. The standard InChI is InChI=1S/C20H23N3OS2/c1-25-20-21-16(12-26-20)19(24)23-11-15(13-5-3-2-4-6-13)18-17(23)14-7-9-22(18)10-8-14/h2-6,12,14-15,17-18H,7-11H2,1H3/t15-,17+,18+/m1/s1. The molecular weight excluding hydrogens is 362 g/mol. The lowest BCUT2D eigenvalue weighted by Crippen LogP contribution is -2.60. The Labute approximate surface area is 162 Å². The number of hydrogen-bond acceptors (Lipinski definition) is 5. The van der Waals surface area contributed by atoms with E-state index in [4.69, 9.17) is 0 Å². The number of fused-ring (bicyclic) bond motifs is 2. The number of rotatable bonds is 3. The first kappa shape index (κ1) is 16.8. The van der Waals surface area contributed by atoms with E-state index in [2.05, 4.69) is 45.1 Å². The van der Waals surface area contributed by atoms with Crippen molar-refractivity contribution in [2.24, 2.45) is 5.92 Å². The van der Waals surface area contributed by atoms with Gasteiger partial charge in [0.25, 0.3) is 5.91 Å². The molecule has 4 saturated heterocycles. The molecular formula is C20H23N3OS2. The third-order valence-corrected chi connectivity index (χ3v) is 8.22. The highest BCUT2D eigenvalue weighted by Crippen LogP contribution is 2.47.